The summed E-state index contributed by atoms with van der Waals surface area (Å²) in [6, 6.07) is 2.60. The van der Waals surface area contributed by atoms with E-state index in [1.165, 1.54) is 11.4 Å². The molecular weight excluding hydrogens is 250 g/mol. The van der Waals surface area contributed by atoms with Gasteiger partial charge in [-0.05, 0) is 39.3 Å². The van der Waals surface area contributed by atoms with Gasteiger partial charge in [-0.1, -0.05) is 20.8 Å². The maximum atomic E-state index is 5.89. The Balaban J connectivity index is 2.85. The van der Waals surface area contributed by atoms with Crippen molar-refractivity contribution in [2.75, 3.05) is 13.2 Å². The lowest BCUT2D eigenvalue weighted by Crippen LogP contribution is -2.43. The predicted molar refractivity (Wildman–Crippen MR) is 84.2 cm³/mol. The van der Waals surface area contributed by atoms with Crippen molar-refractivity contribution in [1.29, 1.82) is 0 Å². The lowest BCUT2D eigenvalue weighted by Gasteiger charge is -2.27. The molecule has 0 saturated heterocycles. The van der Waals surface area contributed by atoms with Gasteiger partial charge in [-0.15, -0.1) is 0 Å². The van der Waals surface area contributed by atoms with Gasteiger partial charge in [-0.25, -0.2) is 0 Å². The van der Waals surface area contributed by atoms with E-state index in [0.29, 0.717) is 6.04 Å². The highest BCUT2D eigenvalue weighted by Gasteiger charge is 2.21. The number of hydrogen-bond donors (Lipinski definition) is 1. The molecule has 4 heteroatoms. The zero-order valence-corrected chi connectivity index (χ0v) is 13.8. The normalized spacial score (nSPS) is 14.4. The first-order valence-electron chi connectivity index (χ1n) is 8.10. The Labute approximate surface area is 123 Å². The molecule has 0 aliphatic carbocycles. The van der Waals surface area contributed by atoms with E-state index in [0.717, 1.165) is 39.0 Å². The average Bonchev–Trinajstić information content (AvgIpc) is 2.86. The molecule has 0 aliphatic rings. The summed E-state index contributed by atoms with van der Waals surface area (Å²) < 4.78 is 8.02. The van der Waals surface area contributed by atoms with Crippen LogP contribution in [0.4, 0.5) is 0 Å². The second-order valence-corrected chi connectivity index (χ2v) is 5.07. The lowest BCUT2D eigenvalue weighted by atomic mass is 10.0. The van der Waals surface area contributed by atoms with Gasteiger partial charge in [0.1, 0.15) is 0 Å². The molecule has 0 bridgehead atoms. The highest BCUT2D eigenvalue weighted by atomic mass is 16.5. The summed E-state index contributed by atoms with van der Waals surface area (Å²) in [5.74, 6) is 0. The molecule has 0 amide bonds. The molecule has 4 nitrogen and oxygen atoms in total. The molecule has 1 aromatic rings. The topological polar surface area (TPSA) is 39.1 Å². The number of nitrogens with zero attached hydrogens (tertiary/aromatic N) is 2. The van der Waals surface area contributed by atoms with Crippen LogP contribution in [-0.2, 0) is 24.1 Å². The van der Waals surface area contributed by atoms with Gasteiger partial charge in [0.15, 0.2) is 0 Å². The van der Waals surface area contributed by atoms with Crippen LogP contribution < -0.4 is 5.32 Å². The SMILES string of the molecule is CCNC(Cc1cc(CC)nn1CC)C(CC)OCC. The van der Waals surface area contributed by atoms with E-state index in [2.05, 4.69) is 55.8 Å². The maximum absolute atomic E-state index is 5.89. The van der Waals surface area contributed by atoms with Crippen LogP contribution in [0.1, 0.15) is 52.4 Å². The van der Waals surface area contributed by atoms with Crippen molar-refractivity contribution in [1.82, 2.24) is 15.1 Å². The van der Waals surface area contributed by atoms with Crippen LogP contribution in [0.5, 0.6) is 0 Å². The number of nitrogens with one attached hydrogen (secondary N) is 1. The first-order valence-corrected chi connectivity index (χ1v) is 8.10. The third-order valence-corrected chi connectivity index (χ3v) is 3.70. The highest BCUT2D eigenvalue weighted by Crippen LogP contribution is 2.14. The van der Waals surface area contributed by atoms with Crippen LogP contribution in [0.2, 0.25) is 0 Å². The molecule has 0 radical (unpaired) electrons. The Morgan fingerprint density at radius 3 is 2.50 bits per heavy atom. The van der Waals surface area contributed by atoms with Gasteiger partial charge >= 0.3 is 0 Å². The molecular formula is C16H31N3O. The number of rotatable bonds is 10. The minimum atomic E-state index is 0.269. The monoisotopic (exact) mass is 281 g/mol. The van der Waals surface area contributed by atoms with Gasteiger partial charge in [0.25, 0.3) is 0 Å². The van der Waals surface area contributed by atoms with Crippen molar-refractivity contribution in [3.05, 3.63) is 17.5 Å². The van der Waals surface area contributed by atoms with Crippen molar-refractivity contribution in [2.45, 2.75) is 72.6 Å². The second-order valence-electron chi connectivity index (χ2n) is 5.07. The first kappa shape index (κ1) is 17.2. The number of aryl methyl sites for hydroxylation is 2. The molecule has 1 N–H and O–H groups in total. The Hall–Kier alpha value is -0.870. The molecule has 2 atom stereocenters. The Morgan fingerprint density at radius 2 is 2.00 bits per heavy atom. The zero-order valence-electron chi connectivity index (χ0n) is 13.8. The summed E-state index contributed by atoms with van der Waals surface area (Å²) in [7, 11) is 0. The third kappa shape index (κ3) is 4.60. The standard InChI is InChI=1S/C16H31N3O/c1-6-13-11-14(19(9-4)18-13)12-15(17-8-3)16(7-2)20-10-5/h11,15-17H,6-10,12H2,1-5H3. The quantitative estimate of drug-likeness (QED) is 0.717. The summed E-state index contributed by atoms with van der Waals surface area (Å²) in [4.78, 5) is 0. The lowest BCUT2D eigenvalue weighted by molar-refractivity contribution is 0.0318. The molecule has 0 saturated carbocycles. The molecule has 0 aromatic carbocycles. The zero-order chi connectivity index (χ0) is 15.0. The summed E-state index contributed by atoms with van der Waals surface area (Å²) >= 11 is 0. The molecule has 116 valence electrons. The van der Waals surface area contributed by atoms with Crippen molar-refractivity contribution in [3.63, 3.8) is 0 Å². The van der Waals surface area contributed by atoms with Crippen LogP contribution in [0, 0.1) is 0 Å². The van der Waals surface area contributed by atoms with E-state index in [1.54, 1.807) is 0 Å². The predicted octanol–water partition coefficient (Wildman–Crippen LogP) is 2.80. The van der Waals surface area contributed by atoms with Crippen molar-refractivity contribution >= 4 is 0 Å². The largest absolute Gasteiger partial charge is 0.377 e. The van der Waals surface area contributed by atoms with Crippen LogP contribution in [0.3, 0.4) is 0 Å². The average molecular weight is 281 g/mol. The molecule has 0 fully saturated rings. The third-order valence-electron chi connectivity index (χ3n) is 3.70. The summed E-state index contributed by atoms with van der Waals surface area (Å²) in [6.45, 7) is 13.4. The van der Waals surface area contributed by atoms with Crippen LogP contribution in [-0.4, -0.2) is 35.1 Å². The summed E-state index contributed by atoms with van der Waals surface area (Å²) in [6.07, 6.45) is 3.28. The van der Waals surface area contributed by atoms with E-state index >= 15 is 0 Å². The van der Waals surface area contributed by atoms with Crippen molar-refractivity contribution in [2.24, 2.45) is 0 Å². The Morgan fingerprint density at radius 1 is 1.25 bits per heavy atom. The van der Waals surface area contributed by atoms with Crippen LogP contribution in [0.15, 0.2) is 6.07 Å². The molecule has 2 unspecified atom stereocenters. The summed E-state index contributed by atoms with van der Waals surface area (Å²) in [5, 5.41) is 8.22. The molecule has 1 aromatic heterocycles. The number of aromatic nitrogens is 2. The number of likely N-dealkylation sites (N-methyl/N-ethyl adjacent to an activating group) is 1. The van der Waals surface area contributed by atoms with E-state index in [-0.39, 0.29) is 6.10 Å². The maximum Gasteiger partial charge on any atom is 0.0729 e. The van der Waals surface area contributed by atoms with Gasteiger partial charge in [-0.3, -0.25) is 4.68 Å². The number of hydrogen-bond acceptors (Lipinski definition) is 3. The Kier molecular flexibility index (Phi) is 7.85. The van der Waals surface area contributed by atoms with Crippen molar-refractivity contribution < 1.29 is 4.74 Å². The fourth-order valence-corrected chi connectivity index (χ4v) is 2.68. The molecule has 0 spiro atoms. The first-order chi connectivity index (χ1) is 9.69. The van der Waals surface area contributed by atoms with Crippen molar-refractivity contribution in [3.8, 4) is 0 Å². The Bertz CT molecular complexity index is 376. The second kappa shape index (κ2) is 9.14. The van der Waals surface area contributed by atoms with E-state index in [1.807, 2.05) is 0 Å². The van der Waals surface area contributed by atoms with Crippen LogP contribution in [0.25, 0.3) is 0 Å². The van der Waals surface area contributed by atoms with E-state index < -0.39 is 0 Å². The van der Waals surface area contributed by atoms with E-state index in [9.17, 15) is 0 Å². The highest BCUT2D eigenvalue weighted by molar-refractivity contribution is 5.12. The van der Waals surface area contributed by atoms with E-state index in [4.69, 9.17) is 4.74 Å². The van der Waals surface area contributed by atoms with Gasteiger partial charge in [0.2, 0.25) is 0 Å². The number of ether oxygens (including phenoxy) is 1. The smallest absolute Gasteiger partial charge is 0.0729 e. The molecule has 0 aliphatic heterocycles. The minimum Gasteiger partial charge on any atom is -0.377 e. The molecule has 20 heavy (non-hydrogen) atoms. The molecule has 1 heterocycles. The molecule has 1 rings (SSSR count). The minimum absolute atomic E-state index is 0.269. The van der Waals surface area contributed by atoms with Gasteiger partial charge in [-0.2, -0.15) is 5.10 Å². The van der Waals surface area contributed by atoms with Gasteiger partial charge in [0, 0.05) is 31.3 Å². The van der Waals surface area contributed by atoms with Crippen LogP contribution >= 0.6 is 0 Å². The fourth-order valence-electron chi connectivity index (χ4n) is 2.68. The van der Waals surface area contributed by atoms with Gasteiger partial charge < -0.3 is 10.1 Å². The van der Waals surface area contributed by atoms with Gasteiger partial charge in [0.05, 0.1) is 11.8 Å². The summed E-state index contributed by atoms with van der Waals surface area (Å²) in [5.41, 5.74) is 2.50. The fraction of sp³-hybridized carbons (Fsp3) is 0.812.